The molecule has 0 bridgehead atoms. The van der Waals surface area contributed by atoms with Crippen molar-refractivity contribution < 1.29 is 0 Å². The van der Waals surface area contributed by atoms with Crippen LogP contribution in [0.1, 0.15) is 11.1 Å². The molecule has 0 atom stereocenters. The Bertz CT molecular complexity index is 453. The lowest BCUT2D eigenvalue weighted by molar-refractivity contribution is 1.08. The van der Waals surface area contributed by atoms with Gasteiger partial charge in [-0.15, -0.1) is 0 Å². The predicted molar refractivity (Wildman–Crippen MR) is 77.8 cm³/mol. The molecule has 2 aromatic rings. The van der Waals surface area contributed by atoms with Crippen molar-refractivity contribution in [2.24, 2.45) is 0 Å². The van der Waals surface area contributed by atoms with E-state index in [4.69, 9.17) is 0 Å². The van der Waals surface area contributed by atoms with Crippen LogP contribution in [0.2, 0.25) is 0 Å². The van der Waals surface area contributed by atoms with Crippen molar-refractivity contribution >= 4 is 28.6 Å². The molecule has 16 heavy (non-hydrogen) atoms. The van der Waals surface area contributed by atoms with Crippen LogP contribution in [0.5, 0.6) is 0 Å². The highest BCUT2D eigenvalue weighted by atomic mass is 127. The van der Waals surface area contributed by atoms with E-state index >= 15 is 0 Å². The van der Waals surface area contributed by atoms with E-state index in [-0.39, 0.29) is 0 Å². The second kappa shape index (κ2) is 5.34. The number of nitrogens with zero attached hydrogens (tertiary/aromatic N) is 1. The maximum absolute atomic E-state index is 2.36. The zero-order chi connectivity index (χ0) is 11.4. The molecule has 0 radical (unpaired) electrons. The summed E-state index contributed by atoms with van der Waals surface area (Å²) in [6.07, 6.45) is 0. The normalized spacial score (nSPS) is 10.1. The Kier molecular flexibility index (Phi) is 3.83. The Morgan fingerprint density at radius 3 is 2.44 bits per heavy atom. The van der Waals surface area contributed by atoms with Crippen LogP contribution in [0.3, 0.4) is 0 Å². The van der Waals surface area contributed by atoms with Crippen molar-refractivity contribution in [3.63, 3.8) is 0 Å². The van der Waals surface area contributed by atoms with Gasteiger partial charge in [-0.2, -0.15) is 0 Å². The molecule has 0 aliphatic rings. The van der Waals surface area contributed by atoms with Gasteiger partial charge >= 0.3 is 0 Å². The van der Waals surface area contributed by atoms with Crippen LogP contribution in [0.15, 0.2) is 54.6 Å². The summed E-state index contributed by atoms with van der Waals surface area (Å²) < 4.78 is 2.24. The predicted octanol–water partition coefficient (Wildman–Crippen LogP) is 4.35. The van der Waals surface area contributed by atoms with Crippen LogP contribution < -0.4 is 3.11 Å². The molecule has 0 fully saturated rings. The smallest absolute Gasteiger partial charge is 0.0594 e. The summed E-state index contributed by atoms with van der Waals surface area (Å²) in [5.41, 5.74) is 3.88. The van der Waals surface area contributed by atoms with E-state index in [1.807, 2.05) is 6.07 Å². The summed E-state index contributed by atoms with van der Waals surface area (Å²) in [7, 11) is 0. The van der Waals surface area contributed by atoms with E-state index in [1.54, 1.807) is 0 Å². The highest BCUT2D eigenvalue weighted by Crippen LogP contribution is 2.22. The first-order chi connectivity index (χ1) is 7.75. The summed E-state index contributed by atoms with van der Waals surface area (Å²) >= 11 is 2.36. The van der Waals surface area contributed by atoms with Gasteiger partial charge in [-0.3, -0.25) is 0 Å². The van der Waals surface area contributed by atoms with Crippen LogP contribution in [-0.4, -0.2) is 0 Å². The van der Waals surface area contributed by atoms with E-state index < -0.39 is 0 Å². The maximum atomic E-state index is 2.36. The van der Waals surface area contributed by atoms with Crippen molar-refractivity contribution in [2.75, 3.05) is 3.11 Å². The quantitative estimate of drug-likeness (QED) is 0.599. The molecule has 0 amide bonds. The van der Waals surface area contributed by atoms with E-state index in [0.717, 1.165) is 6.54 Å². The molecule has 2 heteroatoms. The Balaban J connectivity index is 2.12. The molecule has 0 saturated heterocycles. The van der Waals surface area contributed by atoms with E-state index in [0.29, 0.717) is 0 Å². The fraction of sp³-hybridized carbons (Fsp3) is 0.143. The molecule has 2 rings (SSSR count). The minimum Gasteiger partial charge on any atom is -0.310 e. The third-order valence-electron chi connectivity index (χ3n) is 2.45. The van der Waals surface area contributed by atoms with Crippen molar-refractivity contribution in [1.29, 1.82) is 0 Å². The minimum absolute atomic E-state index is 0.935. The summed E-state index contributed by atoms with van der Waals surface area (Å²) in [5.74, 6) is 0. The summed E-state index contributed by atoms with van der Waals surface area (Å²) in [4.78, 5) is 0. The first-order valence-corrected chi connectivity index (χ1v) is 6.26. The molecule has 0 aliphatic carbocycles. The van der Waals surface area contributed by atoms with Crippen molar-refractivity contribution in [3.05, 3.63) is 65.7 Å². The number of halogens is 1. The third kappa shape index (κ3) is 2.98. The number of hydrogen-bond donors (Lipinski definition) is 0. The summed E-state index contributed by atoms with van der Waals surface area (Å²) in [6, 6.07) is 19.1. The third-order valence-corrected chi connectivity index (χ3v) is 3.34. The van der Waals surface area contributed by atoms with Crippen LogP contribution >= 0.6 is 22.9 Å². The molecule has 1 nitrogen and oxygen atoms in total. The van der Waals surface area contributed by atoms with Gasteiger partial charge in [0, 0.05) is 5.69 Å². The van der Waals surface area contributed by atoms with E-state index in [1.165, 1.54) is 16.8 Å². The van der Waals surface area contributed by atoms with Crippen molar-refractivity contribution in [3.8, 4) is 0 Å². The average Bonchev–Trinajstić information content (AvgIpc) is 2.30. The Morgan fingerprint density at radius 1 is 1.00 bits per heavy atom. The maximum Gasteiger partial charge on any atom is 0.0594 e. The van der Waals surface area contributed by atoms with Gasteiger partial charge in [-0.25, -0.2) is 0 Å². The van der Waals surface area contributed by atoms with Gasteiger partial charge in [0.2, 0.25) is 0 Å². The van der Waals surface area contributed by atoms with Gasteiger partial charge in [-0.1, -0.05) is 42.5 Å². The number of anilines is 1. The monoisotopic (exact) mass is 323 g/mol. The van der Waals surface area contributed by atoms with E-state index in [9.17, 15) is 0 Å². The zero-order valence-electron chi connectivity index (χ0n) is 9.23. The second-order valence-electron chi connectivity index (χ2n) is 3.84. The lowest BCUT2D eigenvalue weighted by Gasteiger charge is -2.17. The molecule has 0 aromatic heterocycles. The topological polar surface area (TPSA) is 3.24 Å². The number of benzene rings is 2. The fourth-order valence-corrected chi connectivity index (χ4v) is 2.31. The zero-order valence-corrected chi connectivity index (χ0v) is 11.4. The lowest BCUT2D eigenvalue weighted by atomic mass is 10.2. The number of aryl methyl sites for hydroxylation is 1. The Hall–Kier alpha value is -1.03. The Labute approximate surface area is 111 Å². The van der Waals surface area contributed by atoms with Crippen LogP contribution in [0.4, 0.5) is 5.69 Å². The van der Waals surface area contributed by atoms with Gasteiger partial charge in [0.15, 0.2) is 0 Å². The molecular weight excluding hydrogens is 309 g/mol. The molecule has 0 N–H and O–H groups in total. The molecule has 0 saturated carbocycles. The first kappa shape index (κ1) is 11.5. The van der Waals surface area contributed by atoms with Crippen molar-refractivity contribution in [2.45, 2.75) is 13.5 Å². The van der Waals surface area contributed by atoms with E-state index in [2.05, 4.69) is 81.4 Å². The molecular formula is C14H14IN. The van der Waals surface area contributed by atoms with Crippen LogP contribution in [0, 0.1) is 6.92 Å². The molecule has 0 aliphatic heterocycles. The minimum atomic E-state index is 0.935. The largest absolute Gasteiger partial charge is 0.310 e. The summed E-state index contributed by atoms with van der Waals surface area (Å²) in [5, 5.41) is 0. The molecule has 0 spiro atoms. The second-order valence-corrected chi connectivity index (χ2v) is 5.01. The van der Waals surface area contributed by atoms with Gasteiger partial charge < -0.3 is 3.11 Å². The van der Waals surface area contributed by atoms with Crippen molar-refractivity contribution in [1.82, 2.24) is 0 Å². The molecule has 2 aromatic carbocycles. The first-order valence-electron chi connectivity index (χ1n) is 5.29. The highest BCUT2D eigenvalue weighted by molar-refractivity contribution is 14.1. The SMILES string of the molecule is Cc1cccc(N(I)Cc2ccccc2)c1. The average molecular weight is 323 g/mol. The van der Waals surface area contributed by atoms with Crippen LogP contribution in [0.25, 0.3) is 0 Å². The van der Waals surface area contributed by atoms with Gasteiger partial charge in [-0.05, 0) is 30.2 Å². The number of rotatable bonds is 3. The molecule has 0 unspecified atom stereocenters. The Morgan fingerprint density at radius 2 is 1.75 bits per heavy atom. The van der Waals surface area contributed by atoms with Gasteiger partial charge in [0.25, 0.3) is 0 Å². The number of hydrogen-bond acceptors (Lipinski definition) is 1. The van der Waals surface area contributed by atoms with Gasteiger partial charge in [0.05, 0.1) is 29.4 Å². The van der Waals surface area contributed by atoms with Crippen LogP contribution in [-0.2, 0) is 6.54 Å². The van der Waals surface area contributed by atoms with Gasteiger partial charge in [0.1, 0.15) is 0 Å². The molecule has 82 valence electrons. The lowest BCUT2D eigenvalue weighted by Crippen LogP contribution is -2.08. The summed E-state index contributed by atoms with van der Waals surface area (Å²) in [6.45, 7) is 3.06. The fourth-order valence-electron chi connectivity index (χ4n) is 1.61. The highest BCUT2D eigenvalue weighted by Gasteiger charge is 2.03. The molecule has 0 heterocycles. The standard InChI is InChI=1S/C14H14IN/c1-12-6-5-9-14(10-12)16(15)11-13-7-3-2-4-8-13/h2-10H,11H2,1H3.